The molecule has 5 heteroatoms. The van der Waals surface area contributed by atoms with E-state index in [-0.39, 0.29) is 0 Å². The molecular weight excluding hydrogens is 328 g/mol. The third-order valence-electron chi connectivity index (χ3n) is 3.18. The smallest absolute Gasteiger partial charge is 0.0991 e. The van der Waals surface area contributed by atoms with Crippen molar-refractivity contribution >= 4 is 34.2 Å². The molecule has 23 heavy (non-hydrogen) atoms. The largest absolute Gasteiger partial charge is 0.382 e. The van der Waals surface area contributed by atoms with Crippen LogP contribution in [0.3, 0.4) is 0 Å². The van der Waals surface area contributed by atoms with Crippen molar-refractivity contribution in [2.24, 2.45) is 0 Å². The van der Waals surface area contributed by atoms with Crippen molar-refractivity contribution in [3.8, 4) is 6.07 Å². The molecule has 0 aromatic heterocycles. The van der Waals surface area contributed by atoms with Crippen LogP contribution in [0.15, 0.2) is 48.5 Å². The van der Waals surface area contributed by atoms with E-state index < -0.39 is 10.8 Å². The number of halogens is 1. The van der Waals surface area contributed by atoms with Crippen molar-refractivity contribution in [1.29, 1.82) is 5.26 Å². The lowest BCUT2D eigenvalue weighted by Gasteiger charge is -2.08. The summed E-state index contributed by atoms with van der Waals surface area (Å²) >= 11 is 6.11. The van der Waals surface area contributed by atoms with Gasteiger partial charge in [-0.05, 0) is 41.5 Å². The van der Waals surface area contributed by atoms with E-state index in [1.54, 1.807) is 18.4 Å². The van der Waals surface area contributed by atoms with Crippen LogP contribution in [-0.2, 0) is 16.6 Å². The van der Waals surface area contributed by atoms with Gasteiger partial charge in [-0.1, -0.05) is 35.9 Å². The van der Waals surface area contributed by atoms with E-state index in [0.29, 0.717) is 22.9 Å². The van der Waals surface area contributed by atoms with Gasteiger partial charge in [0.05, 0.1) is 11.6 Å². The van der Waals surface area contributed by atoms with Crippen molar-refractivity contribution in [3.05, 3.63) is 70.3 Å². The molecule has 0 heterocycles. The van der Waals surface area contributed by atoms with Crippen LogP contribution in [0.4, 0.5) is 5.69 Å². The first-order valence-corrected chi connectivity index (χ1v) is 9.18. The Labute approximate surface area is 144 Å². The maximum atomic E-state index is 11.3. The standard InChI is InChI=1S/C18H17ClN2OS/c1-23(22)13-16-11-17(8-9-18(16)19)21-10-2-3-14-4-6-15(12-20)7-5-14/h2-9,11,21H,10,13H2,1H3/b3-2+. The predicted molar refractivity (Wildman–Crippen MR) is 97.9 cm³/mol. The van der Waals surface area contributed by atoms with Gasteiger partial charge in [-0.2, -0.15) is 5.26 Å². The summed E-state index contributed by atoms with van der Waals surface area (Å²) in [4.78, 5) is 0. The van der Waals surface area contributed by atoms with E-state index in [1.165, 1.54) is 0 Å². The number of nitrogens with one attached hydrogen (secondary N) is 1. The number of anilines is 1. The average molecular weight is 345 g/mol. The van der Waals surface area contributed by atoms with E-state index in [2.05, 4.69) is 11.4 Å². The Morgan fingerprint density at radius 1 is 1.26 bits per heavy atom. The zero-order valence-electron chi connectivity index (χ0n) is 12.8. The van der Waals surface area contributed by atoms with Crippen LogP contribution in [-0.4, -0.2) is 17.0 Å². The molecule has 2 aromatic carbocycles. The van der Waals surface area contributed by atoms with Crippen molar-refractivity contribution in [1.82, 2.24) is 0 Å². The molecule has 0 saturated carbocycles. The highest BCUT2D eigenvalue weighted by molar-refractivity contribution is 7.83. The maximum absolute atomic E-state index is 11.3. The molecule has 1 atom stereocenters. The van der Waals surface area contributed by atoms with Gasteiger partial charge in [0.2, 0.25) is 0 Å². The molecule has 2 rings (SSSR count). The molecule has 0 fully saturated rings. The quantitative estimate of drug-likeness (QED) is 0.853. The molecule has 0 bridgehead atoms. The minimum Gasteiger partial charge on any atom is -0.382 e. The Hall–Kier alpha value is -2.09. The van der Waals surface area contributed by atoms with Crippen LogP contribution in [0.5, 0.6) is 0 Å². The molecule has 1 unspecified atom stereocenters. The highest BCUT2D eigenvalue weighted by Gasteiger charge is 2.03. The third-order valence-corrected chi connectivity index (χ3v) is 4.26. The summed E-state index contributed by atoms with van der Waals surface area (Å²) in [6, 6.07) is 15.2. The summed E-state index contributed by atoms with van der Waals surface area (Å²) in [5.41, 5.74) is 3.53. The Bertz CT molecular complexity index is 764. The number of benzene rings is 2. The van der Waals surface area contributed by atoms with E-state index in [9.17, 15) is 4.21 Å². The summed E-state index contributed by atoms with van der Waals surface area (Å²) < 4.78 is 11.3. The minimum absolute atomic E-state index is 0.454. The van der Waals surface area contributed by atoms with E-state index >= 15 is 0 Å². The second-order valence-electron chi connectivity index (χ2n) is 5.04. The Kier molecular flexibility index (Phi) is 6.40. The second-order valence-corrected chi connectivity index (χ2v) is 6.88. The van der Waals surface area contributed by atoms with Crippen LogP contribution in [0.25, 0.3) is 6.08 Å². The molecule has 3 nitrogen and oxygen atoms in total. The fourth-order valence-corrected chi connectivity index (χ4v) is 3.00. The van der Waals surface area contributed by atoms with E-state index in [4.69, 9.17) is 16.9 Å². The molecule has 1 N–H and O–H groups in total. The summed E-state index contributed by atoms with van der Waals surface area (Å²) in [6.45, 7) is 0.663. The van der Waals surface area contributed by atoms with Gasteiger partial charge in [0.1, 0.15) is 0 Å². The number of nitrogens with zero attached hydrogens (tertiary/aromatic N) is 1. The van der Waals surface area contributed by atoms with Crippen LogP contribution >= 0.6 is 11.6 Å². The molecule has 0 radical (unpaired) electrons. The average Bonchev–Trinajstić information content (AvgIpc) is 2.54. The lowest BCUT2D eigenvalue weighted by molar-refractivity contribution is 0.686. The summed E-state index contributed by atoms with van der Waals surface area (Å²) in [7, 11) is -0.919. The molecule has 0 amide bonds. The number of hydrogen-bond donors (Lipinski definition) is 1. The number of rotatable bonds is 6. The van der Waals surface area contributed by atoms with Gasteiger partial charge in [-0.25, -0.2) is 0 Å². The van der Waals surface area contributed by atoms with Crippen molar-refractivity contribution in [2.75, 3.05) is 18.1 Å². The van der Waals surface area contributed by atoms with Gasteiger partial charge in [0.25, 0.3) is 0 Å². The summed E-state index contributed by atoms with van der Waals surface area (Å²) in [5, 5.41) is 12.7. The number of nitriles is 1. The molecule has 0 aliphatic rings. The Morgan fingerprint density at radius 3 is 2.65 bits per heavy atom. The van der Waals surface area contributed by atoms with Gasteiger partial charge in [-0.15, -0.1) is 0 Å². The molecule has 0 spiro atoms. The molecule has 118 valence electrons. The number of hydrogen-bond acceptors (Lipinski definition) is 3. The van der Waals surface area contributed by atoms with Gasteiger partial charge in [0, 0.05) is 40.1 Å². The second kappa shape index (κ2) is 8.52. The molecular formula is C18H17ClN2OS. The SMILES string of the molecule is CS(=O)Cc1cc(NC/C=C/c2ccc(C#N)cc2)ccc1Cl. The lowest BCUT2D eigenvalue weighted by Crippen LogP contribution is -2.00. The van der Waals surface area contributed by atoms with E-state index in [0.717, 1.165) is 16.8 Å². The maximum Gasteiger partial charge on any atom is 0.0991 e. The molecule has 0 aliphatic carbocycles. The van der Waals surface area contributed by atoms with Gasteiger partial charge >= 0.3 is 0 Å². The summed E-state index contributed by atoms with van der Waals surface area (Å²) in [6.07, 6.45) is 5.66. The monoisotopic (exact) mass is 344 g/mol. The Balaban J connectivity index is 1.94. The van der Waals surface area contributed by atoms with E-state index in [1.807, 2.05) is 42.5 Å². The van der Waals surface area contributed by atoms with Crippen molar-refractivity contribution in [2.45, 2.75) is 5.75 Å². The lowest BCUT2D eigenvalue weighted by atomic mass is 10.1. The van der Waals surface area contributed by atoms with Crippen molar-refractivity contribution in [3.63, 3.8) is 0 Å². The zero-order chi connectivity index (χ0) is 16.7. The highest BCUT2D eigenvalue weighted by atomic mass is 35.5. The van der Waals surface area contributed by atoms with Crippen LogP contribution in [0, 0.1) is 11.3 Å². The van der Waals surface area contributed by atoms with Crippen molar-refractivity contribution < 1.29 is 4.21 Å². The predicted octanol–water partition coefficient (Wildman–Crippen LogP) is 4.22. The first-order valence-electron chi connectivity index (χ1n) is 7.07. The first kappa shape index (κ1) is 17.3. The van der Waals surface area contributed by atoms with Crippen LogP contribution in [0.1, 0.15) is 16.7 Å². The highest BCUT2D eigenvalue weighted by Crippen LogP contribution is 2.21. The Morgan fingerprint density at radius 2 is 2.00 bits per heavy atom. The minimum atomic E-state index is -0.919. The van der Waals surface area contributed by atoms with Gasteiger partial charge in [0.15, 0.2) is 0 Å². The van der Waals surface area contributed by atoms with Gasteiger partial charge in [-0.3, -0.25) is 4.21 Å². The molecule has 2 aromatic rings. The fourth-order valence-electron chi connectivity index (χ4n) is 2.05. The summed E-state index contributed by atoms with van der Waals surface area (Å²) in [5.74, 6) is 0.454. The molecule has 0 aliphatic heterocycles. The molecule has 0 saturated heterocycles. The first-order chi connectivity index (χ1) is 11.1. The fraction of sp³-hybridized carbons (Fsp3) is 0.167. The van der Waals surface area contributed by atoms with Gasteiger partial charge < -0.3 is 5.32 Å². The third kappa shape index (κ3) is 5.55. The normalized spacial score (nSPS) is 12.0. The zero-order valence-corrected chi connectivity index (χ0v) is 14.3. The van der Waals surface area contributed by atoms with Crippen LogP contribution in [0.2, 0.25) is 5.02 Å². The topological polar surface area (TPSA) is 52.9 Å². The van der Waals surface area contributed by atoms with Crippen LogP contribution < -0.4 is 5.32 Å².